The van der Waals surface area contributed by atoms with Crippen molar-refractivity contribution >= 4 is 17.1 Å². The fourth-order valence-corrected chi connectivity index (χ4v) is 3.18. The monoisotopic (exact) mass is 431 g/mol. The molecule has 11 heteroatoms. The molecule has 1 amide bonds. The van der Waals surface area contributed by atoms with Gasteiger partial charge in [-0.15, -0.1) is 0 Å². The van der Waals surface area contributed by atoms with Crippen LogP contribution in [0.4, 0.5) is 17.6 Å². The molecule has 158 valence electrons. The SMILES string of the molecule is Cn1c(=O)n(-c2ccc(F)cc2)c2nc(-c3ccc(C(F)(F)F)cc3)nc(C(N)=O)c21. The predicted molar refractivity (Wildman–Crippen MR) is 103 cm³/mol. The number of hydrogen-bond acceptors (Lipinski definition) is 4. The first-order valence-electron chi connectivity index (χ1n) is 8.81. The number of alkyl halides is 3. The second kappa shape index (κ2) is 7.04. The molecule has 31 heavy (non-hydrogen) atoms. The lowest BCUT2D eigenvalue weighted by Crippen LogP contribution is -2.21. The molecule has 0 aliphatic carbocycles. The van der Waals surface area contributed by atoms with Gasteiger partial charge in [-0.3, -0.25) is 9.36 Å². The molecule has 2 heterocycles. The third-order valence-electron chi connectivity index (χ3n) is 4.68. The second-order valence-corrected chi connectivity index (χ2v) is 6.66. The number of nitrogens with two attached hydrogens (primary N) is 1. The molecule has 2 aromatic carbocycles. The van der Waals surface area contributed by atoms with Gasteiger partial charge in [0.05, 0.1) is 11.3 Å². The number of nitrogens with zero attached hydrogens (tertiary/aromatic N) is 4. The van der Waals surface area contributed by atoms with E-state index in [2.05, 4.69) is 9.97 Å². The molecule has 2 N–H and O–H groups in total. The Morgan fingerprint density at radius 2 is 1.61 bits per heavy atom. The van der Waals surface area contributed by atoms with Crippen LogP contribution in [0.3, 0.4) is 0 Å². The molecule has 0 aliphatic rings. The molecular formula is C20H13F4N5O2. The van der Waals surface area contributed by atoms with Crippen LogP contribution >= 0.6 is 0 Å². The first-order valence-corrected chi connectivity index (χ1v) is 8.81. The van der Waals surface area contributed by atoms with E-state index in [0.29, 0.717) is 0 Å². The van der Waals surface area contributed by atoms with Crippen LogP contribution < -0.4 is 11.4 Å². The number of carbonyl (C=O) groups is 1. The van der Waals surface area contributed by atoms with Crippen LogP contribution in [0.25, 0.3) is 28.2 Å². The number of rotatable bonds is 3. The zero-order valence-electron chi connectivity index (χ0n) is 15.8. The van der Waals surface area contributed by atoms with Crippen molar-refractivity contribution in [2.45, 2.75) is 6.18 Å². The molecule has 0 unspecified atom stereocenters. The summed E-state index contributed by atoms with van der Waals surface area (Å²) in [6, 6.07) is 8.99. The molecule has 0 atom stereocenters. The van der Waals surface area contributed by atoms with Gasteiger partial charge in [0, 0.05) is 12.6 Å². The van der Waals surface area contributed by atoms with Gasteiger partial charge in [0.25, 0.3) is 5.91 Å². The highest BCUT2D eigenvalue weighted by Gasteiger charge is 2.30. The number of hydrogen-bond donors (Lipinski definition) is 1. The average molecular weight is 431 g/mol. The Kier molecular flexibility index (Phi) is 4.60. The summed E-state index contributed by atoms with van der Waals surface area (Å²) < 4.78 is 54.2. The van der Waals surface area contributed by atoms with E-state index in [0.717, 1.165) is 45.5 Å². The highest BCUT2D eigenvalue weighted by Crippen LogP contribution is 2.31. The average Bonchev–Trinajstić information content (AvgIpc) is 2.98. The molecule has 0 spiro atoms. The molecule has 7 nitrogen and oxygen atoms in total. The number of aromatic nitrogens is 4. The molecule has 0 bridgehead atoms. The van der Waals surface area contributed by atoms with E-state index in [1.54, 1.807) is 0 Å². The standard InChI is InChI=1S/C20H13F4N5O2/c1-28-15-14(16(25)30)26-17(10-2-4-11(5-3-10)20(22,23)24)27-18(15)29(19(28)31)13-8-6-12(21)7-9-13/h2-9H,1H3,(H2,25,30). The van der Waals surface area contributed by atoms with E-state index >= 15 is 0 Å². The third kappa shape index (κ3) is 3.43. The predicted octanol–water partition coefficient (Wildman–Crippen LogP) is 3.04. The first kappa shape index (κ1) is 20.3. The van der Waals surface area contributed by atoms with Crippen molar-refractivity contribution in [2.24, 2.45) is 12.8 Å². The quantitative estimate of drug-likeness (QED) is 0.505. The van der Waals surface area contributed by atoms with Gasteiger partial charge in [-0.05, 0) is 36.4 Å². The van der Waals surface area contributed by atoms with E-state index < -0.39 is 29.2 Å². The number of carbonyl (C=O) groups excluding carboxylic acids is 1. The van der Waals surface area contributed by atoms with Crippen molar-refractivity contribution in [3.63, 3.8) is 0 Å². The lowest BCUT2D eigenvalue weighted by atomic mass is 10.1. The van der Waals surface area contributed by atoms with Gasteiger partial charge in [0.15, 0.2) is 17.2 Å². The zero-order valence-corrected chi connectivity index (χ0v) is 15.8. The summed E-state index contributed by atoms with van der Waals surface area (Å²) in [5, 5.41) is 0. The van der Waals surface area contributed by atoms with Crippen LogP contribution in [0.15, 0.2) is 53.3 Å². The molecule has 2 aromatic heterocycles. The number of benzene rings is 2. The fraction of sp³-hybridized carbons (Fsp3) is 0.100. The Hall–Kier alpha value is -4.02. The van der Waals surface area contributed by atoms with Crippen molar-refractivity contribution in [2.75, 3.05) is 0 Å². The Bertz CT molecular complexity index is 1370. The van der Waals surface area contributed by atoms with Crippen molar-refractivity contribution in [1.29, 1.82) is 0 Å². The van der Waals surface area contributed by atoms with Crippen molar-refractivity contribution in [1.82, 2.24) is 19.1 Å². The maximum absolute atomic E-state index is 13.3. The Morgan fingerprint density at radius 1 is 1.00 bits per heavy atom. The minimum absolute atomic E-state index is 0.00203. The zero-order chi connectivity index (χ0) is 22.5. The molecule has 4 rings (SSSR count). The van der Waals surface area contributed by atoms with Gasteiger partial charge in [0.1, 0.15) is 11.3 Å². The summed E-state index contributed by atoms with van der Waals surface area (Å²) in [7, 11) is 1.39. The molecule has 4 aromatic rings. The highest BCUT2D eigenvalue weighted by molar-refractivity contribution is 6.02. The molecule has 0 saturated heterocycles. The van der Waals surface area contributed by atoms with Crippen LogP contribution in [0.5, 0.6) is 0 Å². The highest BCUT2D eigenvalue weighted by atomic mass is 19.4. The normalized spacial score (nSPS) is 11.8. The minimum atomic E-state index is -4.52. The lowest BCUT2D eigenvalue weighted by molar-refractivity contribution is -0.137. The Balaban J connectivity index is 2.01. The number of fused-ring (bicyclic) bond motifs is 1. The largest absolute Gasteiger partial charge is 0.416 e. The fourth-order valence-electron chi connectivity index (χ4n) is 3.18. The van der Waals surface area contributed by atoms with Crippen molar-refractivity contribution in [3.05, 3.63) is 76.1 Å². The van der Waals surface area contributed by atoms with Crippen LogP contribution in [-0.4, -0.2) is 25.0 Å². The summed E-state index contributed by atoms with van der Waals surface area (Å²) in [6.45, 7) is 0. The summed E-state index contributed by atoms with van der Waals surface area (Å²) in [4.78, 5) is 33.3. The second-order valence-electron chi connectivity index (χ2n) is 6.66. The van der Waals surface area contributed by atoms with Gasteiger partial charge in [-0.25, -0.2) is 23.7 Å². The van der Waals surface area contributed by atoms with E-state index in [9.17, 15) is 27.2 Å². The van der Waals surface area contributed by atoms with Crippen molar-refractivity contribution in [3.8, 4) is 17.1 Å². The summed E-state index contributed by atoms with van der Waals surface area (Å²) in [6.07, 6.45) is -4.52. The van der Waals surface area contributed by atoms with Crippen LogP contribution in [0.2, 0.25) is 0 Å². The van der Waals surface area contributed by atoms with E-state index in [4.69, 9.17) is 5.73 Å². The summed E-state index contributed by atoms with van der Waals surface area (Å²) in [5.41, 5.74) is 4.19. The molecule has 0 aliphatic heterocycles. The first-order chi connectivity index (χ1) is 14.6. The van der Waals surface area contributed by atoms with Gasteiger partial charge in [0.2, 0.25) is 0 Å². The smallest absolute Gasteiger partial charge is 0.364 e. The van der Waals surface area contributed by atoms with Gasteiger partial charge >= 0.3 is 11.9 Å². The third-order valence-corrected chi connectivity index (χ3v) is 4.68. The molecule has 0 fully saturated rings. The topological polar surface area (TPSA) is 95.8 Å². The van der Waals surface area contributed by atoms with E-state index in [1.165, 1.54) is 19.2 Å². The summed E-state index contributed by atoms with van der Waals surface area (Å²) in [5.74, 6) is -1.57. The van der Waals surface area contributed by atoms with Gasteiger partial charge < -0.3 is 5.73 Å². The number of aryl methyl sites for hydroxylation is 1. The molecule has 0 radical (unpaired) electrons. The molecule has 0 saturated carbocycles. The molecular weight excluding hydrogens is 418 g/mol. The minimum Gasteiger partial charge on any atom is -0.364 e. The van der Waals surface area contributed by atoms with Gasteiger partial charge in [-0.1, -0.05) is 12.1 Å². The maximum atomic E-state index is 13.3. The van der Waals surface area contributed by atoms with E-state index in [1.807, 2.05) is 0 Å². The van der Waals surface area contributed by atoms with Gasteiger partial charge in [-0.2, -0.15) is 13.2 Å². The number of imidazole rings is 1. The lowest BCUT2D eigenvalue weighted by Gasteiger charge is -2.09. The van der Waals surface area contributed by atoms with E-state index in [-0.39, 0.29) is 33.9 Å². The number of primary amides is 1. The Morgan fingerprint density at radius 3 is 2.16 bits per heavy atom. The summed E-state index contributed by atoms with van der Waals surface area (Å²) >= 11 is 0. The Labute approximate surface area is 171 Å². The van der Waals surface area contributed by atoms with Crippen LogP contribution in [-0.2, 0) is 13.2 Å². The van der Waals surface area contributed by atoms with Crippen LogP contribution in [0, 0.1) is 5.82 Å². The maximum Gasteiger partial charge on any atom is 0.416 e. The van der Waals surface area contributed by atoms with Crippen LogP contribution in [0.1, 0.15) is 16.1 Å². The number of amides is 1. The van der Waals surface area contributed by atoms with Crippen molar-refractivity contribution < 1.29 is 22.4 Å². The number of halogens is 4.